The zero-order chi connectivity index (χ0) is 22.9. The molecule has 0 spiro atoms. The molecule has 1 aliphatic heterocycles. The maximum Gasteiger partial charge on any atom is 0.258 e. The van der Waals surface area contributed by atoms with Crippen molar-refractivity contribution in [2.75, 3.05) is 9.80 Å². The number of nitrogens with zero attached hydrogens (tertiary/aromatic N) is 2. The van der Waals surface area contributed by atoms with Gasteiger partial charge in [-0.3, -0.25) is 9.59 Å². The fraction of sp³-hybridized carbons (Fsp3) is 0.286. The molecule has 0 N–H and O–H groups in total. The second-order valence-electron chi connectivity index (χ2n) is 9.46. The van der Waals surface area contributed by atoms with E-state index in [1.54, 1.807) is 0 Å². The van der Waals surface area contributed by atoms with Crippen molar-refractivity contribution in [1.82, 2.24) is 0 Å². The van der Waals surface area contributed by atoms with Crippen LogP contribution >= 0.6 is 0 Å². The molecule has 0 bridgehead atoms. The van der Waals surface area contributed by atoms with Gasteiger partial charge in [-0.1, -0.05) is 75.4 Å². The average molecular weight is 427 g/mol. The van der Waals surface area contributed by atoms with Crippen molar-refractivity contribution in [2.24, 2.45) is 5.41 Å². The van der Waals surface area contributed by atoms with Crippen LogP contribution in [0.2, 0.25) is 0 Å². The third kappa shape index (κ3) is 4.05. The molecule has 32 heavy (non-hydrogen) atoms. The van der Waals surface area contributed by atoms with Crippen molar-refractivity contribution < 1.29 is 9.59 Å². The summed E-state index contributed by atoms with van der Waals surface area (Å²) in [4.78, 5) is 30.9. The van der Waals surface area contributed by atoms with Crippen LogP contribution in [0.25, 0.3) is 0 Å². The fourth-order valence-electron chi connectivity index (χ4n) is 4.44. The lowest BCUT2D eigenvalue weighted by atomic mass is 9.86. The minimum Gasteiger partial charge on any atom is -0.305 e. The van der Waals surface area contributed by atoms with Crippen LogP contribution in [0.4, 0.5) is 11.4 Å². The van der Waals surface area contributed by atoms with Gasteiger partial charge in [0.15, 0.2) is 0 Å². The molecule has 0 aromatic heterocycles. The SMILES string of the molecule is C[C@@H]1C[C@H](N(C(=O)C(C)(C)C)c2ccccc2)c2ccccc2N1C(=O)c1ccccc1. The van der Waals surface area contributed by atoms with Crippen LogP contribution in [0.1, 0.15) is 56.1 Å². The van der Waals surface area contributed by atoms with Crippen molar-refractivity contribution in [2.45, 2.75) is 46.2 Å². The molecule has 1 aliphatic rings. The molecule has 1 heterocycles. The van der Waals surface area contributed by atoms with Gasteiger partial charge >= 0.3 is 0 Å². The summed E-state index contributed by atoms with van der Waals surface area (Å²) in [6.45, 7) is 7.92. The standard InChI is InChI=1S/C28H30N2O2/c1-20-19-25(30(27(32)28(2,3)4)22-15-9-6-10-16-22)23-17-11-12-18-24(23)29(20)26(31)21-13-7-5-8-14-21/h5-18,20,25H,19H2,1-4H3/t20-,25+/m1/s1. The van der Waals surface area contributed by atoms with E-state index >= 15 is 0 Å². The number of hydrogen-bond donors (Lipinski definition) is 0. The summed E-state index contributed by atoms with van der Waals surface area (Å²) in [5.41, 5.74) is 2.87. The minimum absolute atomic E-state index is 0.0163. The van der Waals surface area contributed by atoms with Gasteiger partial charge in [-0.05, 0) is 49.2 Å². The van der Waals surface area contributed by atoms with Gasteiger partial charge in [0.05, 0.1) is 6.04 Å². The van der Waals surface area contributed by atoms with Gasteiger partial charge in [-0.15, -0.1) is 0 Å². The molecule has 4 heteroatoms. The zero-order valence-electron chi connectivity index (χ0n) is 19.2. The van der Waals surface area contributed by atoms with Crippen LogP contribution in [0.15, 0.2) is 84.9 Å². The van der Waals surface area contributed by atoms with Gasteiger partial charge in [0, 0.05) is 28.4 Å². The van der Waals surface area contributed by atoms with E-state index in [2.05, 4.69) is 6.92 Å². The van der Waals surface area contributed by atoms with Crippen LogP contribution in [-0.2, 0) is 4.79 Å². The highest BCUT2D eigenvalue weighted by atomic mass is 16.2. The minimum atomic E-state index is -0.537. The zero-order valence-corrected chi connectivity index (χ0v) is 19.2. The van der Waals surface area contributed by atoms with Crippen LogP contribution in [0, 0.1) is 5.41 Å². The normalized spacial score (nSPS) is 18.1. The molecule has 164 valence electrons. The monoisotopic (exact) mass is 426 g/mol. The molecule has 3 aromatic carbocycles. The largest absolute Gasteiger partial charge is 0.305 e. The Labute approximate surface area is 190 Å². The Balaban J connectivity index is 1.82. The number of fused-ring (bicyclic) bond motifs is 1. The lowest BCUT2D eigenvalue weighted by Gasteiger charge is -2.45. The predicted octanol–water partition coefficient (Wildman–Crippen LogP) is 6.25. The van der Waals surface area contributed by atoms with Gasteiger partial charge in [0.25, 0.3) is 5.91 Å². The van der Waals surface area contributed by atoms with Crippen molar-refractivity contribution in [1.29, 1.82) is 0 Å². The molecular formula is C28H30N2O2. The van der Waals surface area contributed by atoms with E-state index in [1.165, 1.54) is 0 Å². The van der Waals surface area contributed by atoms with E-state index < -0.39 is 5.41 Å². The third-order valence-electron chi connectivity index (χ3n) is 6.01. The van der Waals surface area contributed by atoms with Crippen LogP contribution < -0.4 is 9.80 Å². The summed E-state index contributed by atoms with van der Waals surface area (Å²) in [5, 5.41) is 0. The van der Waals surface area contributed by atoms with E-state index in [1.807, 2.05) is 116 Å². The first kappa shape index (κ1) is 21.8. The Morgan fingerprint density at radius 2 is 1.41 bits per heavy atom. The van der Waals surface area contributed by atoms with Crippen molar-refractivity contribution >= 4 is 23.2 Å². The van der Waals surface area contributed by atoms with Crippen molar-refractivity contribution in [3.8, 4) is 0 Å². The average Bonchev–Trinajstić information content (AvgIpc) is 2.79. The number of benzene rings is 3. The van der Waals surface area contributed by atoms with Crippen LogP contribution in [0.3, 0.4) is 0 Å². The van der Waals surface area contributed by atoms with E-state index in [0.29, 0.717) is 12.0 Å². The second-order valence-corrected chi connectivity index (χ2v) is 9.46. The molecular weight excluding hydrogens is 396 g/mol. The van der Waals surface area contributed by atoms with E-state index in [-0.39, 0.29) is 23.9 Å². The molecule has 2 amide bonds. The molecule has 0 radical (unpaired) electrons. The Morgan fingerprint density at radius 1 is 0.844 bits per heavy atom. The number of anilines is 2. The highest BCUT2D eigenvalue weighted by Gasteiger charge is 2.41. The number of rotatable bonds is 3. The first-order chi connectivity index (χ1) is 15.3. The summed E-state index contributed by atoms with van der Waals surface area (Å²) < 4.78 is 0. The quantitative estimate of drug-likeness (QED) is 0.497. The maximum absolute atomic E-state index is 13.7. The molecule has 0 fully saturated rings. The molecule has 0 aliphatic carbocycles. The molecule has 2 atom stereocenters. The Morgan fingerprint density at radius 3 is 2.03 bits per heavy atom. The lowest BCUT2D eigenvalue weighted by molar-refractivity contribution is -0.126. The highest BCUT2D eigenvalue weighted by Crippen LogP contribution is 2.44. The second kappa shape index (κ2) is 8.62. The summed E-state index contributed by atoms with van der Waals surface area (Å²) in [7, 11) is 0. The number of carbonyl (C=O) groups excluding carboxylic acids is 2. The third-order valence-corrected chi connectivity index (χ3v) is 6.01. The maximum atomic E-state index is 13.7. The predicted molar refractivity (Wildman–Crippen MR) is 130 cm³/mol. The van der Waals surface area contributed by atoms with E-state index in [4.69, 9.17) is 0 Å². The summed E-state index contributed by atoms with van der Waals surface area (Å²) in [5.74, 6) is 0.0518. The van der Waals surface area contributed by atoms with Gasteiger partial charge < -0.3 is 9.80 Å². The van der Waals surface area contributed by atoms with Crippen LogP contribution in [0.5, 0.6) is 0 Å². The Kier molecular flexibility index (Phi) is 5.88. The number of amides is 2. The summed E-state index contributed by atoms with van der Waals surface area (Å²) in [6.07, 6.45) is 0.659. The lowest BCUT2D eigenvalue weighted by Crippen LogP contribution is -2.49. The van der Waals surface area contributed by atoms with Gasteiger partial charge in [-0.25, -0.2) is 0 Å². The van der Waals surface area contributed by atoms with Gasteiger partial charge in [0.2, 0.25) is 5.91 Å². The molecule has 0 unspecified atom stereocenters. The molecule has 0 saturated heterocycles. The van der Waals surface area contributed by atoms with Crippen molar-refractivity contribution in [3.05, 3.63) is 96.1 Å². The van der Waals surface area contributed by atoms with E-state index in [0.717, 1.165) is 16.9 Å². The Bertz CT molecular complexity index is 1100. The molecule has 4 nitrogen and oxygen atoms in total. The summed E-state index contributed by atoms with van der Waals surface area (Å²) in [6, 6.07) is 27.0. The Hall–Kier alpha value is -3.40. The van der Waals surface area contributed by atoms with Gasteiger partial charge in [-0.2, -0.15) is 0 Å². The fourth-order valence-corrected chi connectivity index (χ4v) is 4.44. The topological polar surface area (TPSA) is 40.6 Å². The number of carbonyl (C=O) groups is 2. The number of para-hydroxylation sites is 2. The summed E-state index contributed by atoms with van der Waals surface area (Å²) >= 11 is 0. The molecule has 3 aromatic rings. The first-order valence-electron chi connectivity index (χ1n) is 11.2. The molecule has 4 rings (SSSR count). The van der Waals surface area contributed by atoms with E-state index in [9.17, 15) is 9.59 Å². The van der Waals surface area contributed by atoms with Crippen molar-refractivity contribution in [3.63, 3.8) is 0 Å². The highest BCUT2D eigenvalue weighted by molar-refractivity contribution is 6.07. The number of hydrogen-bond acceptors (Lipinski definition) is 2. The molecule has 0 saturated carbocycles. The van der Waals surface area contributed by atoms with Gasteiger partial charge in [0.1, 0.15) is 0 Å². The first-order valence-corrected chi connectivity index (χ1v) is 11.2. The van der Waals surface area contributed by atoms with Crippen LogP contribution in [-0.4, -0.2) is 17.9 Å². The smallest absolute Gasteiger partial charge is 0.258 e.